The zero-order chi connectivity index (χ0) is 22.9. The van der Waals surface area contributed by atoms with Crippen LogP contribution in [0.2, 0.25) is 5.02 Å². The standard InChI is InChI=1S/C20H22ClF3N4OS2/c1-12-8-14(21)19(15(25)9-12)30-26-18(20(22,23)24)11-28-10-17(31(29)27(2)3)13-6-4-5-7-16(13)28/h4-10,18,26H,11,25H2,1-3H3. The lowest BCUT2D eigenvalue weighted by Gasteiger charge is -2.23. The lowest BCUT2D eigenvalue weighted by Crippen LogP contribution is -2.42. The monoisotopic (exact) mass is 490 g/mol. The van der Waals surface area contributed by atoms with Gasteiger partial charge in [0.2, 0.25) is 0 Å². The maximum atomic E-state index is 13.8. The van der Waals surface area contributed by atoms with Crippen LogP contribution in [0.4, 0.5) is 18.9 Å². The number of aryl methyl sites for hydroxylation is 1. The summed E-state index contributed by atoms with van der Waals surface area (Å²) >= 11 is 6.92. The summed E-state index contributed by atoms with van der Waals surface area (Å²) in [6, 6.07) is 8.36. The van der Waals surface area contributed by atoms with Crippen molar-refractivity contribution in [1.82, 2.24) is 13.6 Å². The number of nitrogens with one attached hydrogen (secondary N) is 1. The maximum Gasteiger partial charge on any atom is 0.406 e. The zero-order valence-electron chi connectivity index (χ0n) is 17.0. The number of hydrogen-bond donors (Lipinski definition) is 2. The van der Waals surface area contributed by atoms with Crippen molar-refractivity contribution in [3.8, 4) is 0 Å². The van der Waals surface area contributed by atoms with E-state index < -0.39 is 29.7 Å². The van der Waals surface area contributed by atoms with Gasteiger partial charge in [-0.2, -0.15) is 13.2 Å². The fourth-order valence-electron chi connectivity index (χ4n) is 3.10. The maximum absolute atomic E-state index is 13.8. The number of halogens is 4. The Hall–Kier alpha value is -1.72. The Morgan fingerprint density at radius 3 is 2.58 bits per heavy atom. The van der Waals surface area contributed by atoms with E-state index in [0.29, 0.717) is 26.4 Å². The zero-order valence-corrected chi connectivity index (χ0v) is 19.4. The molecular weight excluding hydrogens is 469 g/mol. The second-order valence-electron chi connectivity index (χ2n) is 7.20. The minimum Gasteiger partial charge on any atom is -0.398 e. The Labute approximate surface area is 190 Å². The highest BCUT2D eigenvalue weighted by Crippen LogP contribution is 2.35. The van der Waals surface area contributed by atoms with E-state index in [2.05, 4.69) is 4.72 Å². The lowest BCUT2D eigenvalue weighted by molar-refractivity contribution is -0.153. The van der Waals surface area contributed by atoms with Gasteiger partial charge in [-0.3, -0.25) is 0 Å². The molecule has 0 aliphatic heterocycles. The predicted octanol–water partition coefficient (Wildman–Crippen LogP) is 5.00. The number of rotatable bonds is 7. The molecule has 2 aromatic carbocycles. The average molecular weight is 491 g/mol. The molecule has 11 heteroatoms. The summed E-state index contributed by atoms with van der Waals surface area (Å²) in [4.78, 5) is 0.799. The number of nitrogen functional groups attached to an aromatic ring is 1. The lowest BCUT2D eigenvalue weighted by atomic mass is 10.2. The summed E-state index contributed by atoms with van der Waals surface area (Å²) in [6.45, 7) is 1.39. The van der Waals surface area contributed by atoms with Crippen molar-refractivity contribution in [3.63, 3.8) is 0 Å². The second kappa shape index (κ2) is 9.41. The molecule has 3 rings (SSSR count). The van der Waals surface area contributed by atoms with E-state index in [-0.39, 0.29) is 5.02 Å². The number of anilines is 1. The number of nitrogens with two attached hydrogens (primary N) is 1. The minimum absolute atomic E-state index is 0.283. The van der Waals surface area contributed by atoms with Crippen LogP contribution in [-0.2, 0) is 17.5 Å². The van der Waals surface area contributed by atoms with E-state index in [0.717, 1.165) is 17.5 Å². The molecule has 2 atom stereocenters. The highest BCUT2D eigenvalue weighted by molar-refractivity contribution is 7.97. The molecule has 0 spiro atoms. The number of alkyl halides is 3. The molecule has 1 aromatic heterocycles. The first kappa shape index (κ1) is 23.9. The van der Waals surface area contributed by atoms with Gasteiger partial charge in [-0.15, -0.1) is 0 Å². The summed E-state index contributed by atoms with van der Waals surface area (Å²) in [5, 5.41) is 0.930. The molecule has 168 valence electrons. The van der Waals surface area contributed by atoms with E-state index in [9.17, 15) is 17.4 Å². The minimum atomic E-state index is -4.54. The van der Waals surface area contributed by atoms with Gasteiger partial charge in [0.1, 0.15) is 17.0 Å². The molecule has 0 bridgehead atoms. The molecule has 5 nitrogen and oxygen atoms in total. The van der Waals surface area contributed by atoms with Crippen molar-refractivity contribution in [2.45, 2.75) is 35.5 Å². The van der Waals surface area contributed by atoms with E-state index in [1.54, 1.807) is 57.4 Å². The first-order valence-corrected chi connectivity index (χ1v) is 11.5. The summed E-state index contributed by atoms with van der Waals surface area (Å²) in [5.74, 6) is 0. The smallest absolute Gasteiger partial charge is 0.398 e. The van der Waals surface area contributed by atoms with Crippen LogP contribution in [0.5, 0.6) is 0 Å². The van der Waals surface area contributed by atoms with Gasteiger partial charge in [0.05, 0.1) is 14.8 Å². The van der Waals surface area contributed by atoms with Crippen molar-refractivity contribution in [2.24, 2.45) is 0 Å². The molecule has 0 amide bonds. The fraction of sp³-hybridized carbons (Fsp3) is 0.300. The quantitative estimate of drug-likeness (QED) is 0.361. The van der Waals surface area contributed by atoms with Gasteiger partial charge in [-0.05, 0) is 56.7 Å². The summed E-state index contributed by atoms with van der Waals surface area (Å²) in [5.41, 5.74) is 7.63. The Morgan fingerprint density at radius 2 is 1.97 bits per heavy atom. The Balaban J connectivity index is 1.92. The number of aromatic nitrogens is 1. The molecule has 0 saturated heterocycles. The van der Waals surface area contributed by atoms with Crippen molar-refractivity contribution in [1.29, 1.82) is 0 Å². The van der Waals surface area contributed by atoms with Crippen molar-refractivity contribution < 1.29 is 17.4 Å². The van der Waals surface area contributed by atoms with Gasteiger partial charge in [-0.25, -0.2) is 13.2 Å². The third kappa shape index (κ3) is 5.38. The molecule has 31 heavy (non-hydrogen) atoms. The van der Waals surface area contributed by atoms with Gasteiger partial charge in [-0.1, -0.05) is 29.8 Å². The third-order valence-electron chi connectivity index (χ3n) is 4.57. The topological polar surface area (TPSA) is 63.3 Å². The molecule has 3 N–H and O–H groups in total. The number of hydrogen-bond acceptors (Lipinski definition) is 4. The number of fused-ring (bicyclic) bond motifs is 1. The molecule has 0 fully saturated rings. The van der Waals surface area contributed by atoms with Crippen LogP contribution in [0.15, 0.2) is 52.4 Å². The third-order valence-corrected chi connectivity index (χ3v) is 7.40. The average Bonchev–Trinajstić information content (AvgIpc) is 3.03. The normalized spacial score (nSPS) is 14.3. The van der Waals surface area contributed by atoms with Crippen molar-refractivity contribution in [3.05, 3.63) is 53.2 Å². The van der Waals surface area contributed by atoms with Crippen molar-refractivity contribution >= 4 is 51.1 Å². The van der Waals surface area contributed by atoms with E-state index >= 15 is 0 Å². The number of para-hydroxylation sites is 1. The van der Waals surface area contributed by atoms with E-state index in [4.69, 9.17) is 17.3 Å². The molecule has 3 aromatic rings. The molecule has 2 unspecified atom stereocenters. The van der Waals surface area contributed by atoms with Gasteiger partial charge in [0.25, 0.3) is 0 Å². The van der Waals surface area contributed by atoms with Crippen LogP contribution in [0.25, 0.3) is 10.9 Å². The molecule has 1 heterocycles. The first-order valence-electron chi connectivity index (χ1n) is 9.21. The molecule has 0 saturated carbocycles. The summed E-state index contributed by atoms with van der Waals surface area (Å²) < 4.78 is 59.6. The summed E-state index contributed by atoms with van der Waals surface area (Å²) in [6.07, 6.45) is -3.02. The second-order valence-corrected chi connectivity index (χ2v) is 10.1. The van der Waals surface area contributed by atoms with Crippen LogP contribution in [0.3, 0.4) is 0 Å². The first-order chi connectivity index (χ1) is 14.5. The SMILES string of the molecule is Cc1cc(N)c(SNC(Cn2cc(S(=O)N(C)C)c3ccccc32)C(F)(F)F)c(Cl)c1. The van der Waals surface area contributed by atoms with Gasteiger partial charge >= 0.3 is 6.18 Å². The van der Waals surface area contributed by atoms with E-state index in [1.807, 2.05) is 0 Å². The van der Waals surface area contributed by atoms with Crippen molar-refractivity contribution in [2.75, 3.05) is 19.8 Å². The Bertz CT molecular complexity index is 1090. The predicted molar refractivity (Wildman–Crippen MR) is 121 cm³/mol. The molecule has 0 aliphatic carbocycles. The number of nitrogens with zero attached hydrogens (tertiary/aromatic N) is 2. The molecular formula is C20H22ClF3N4OS2. The van der Waals surface area contributed by atoms with Gasteiger partial charge in [0.15, 0.2) is 0 Å². The van der Waals surface area contributed by atoms with Crippen LogP contribution in [0.1, 0.15) is 5.56 Å². The van der Waals surface area contributed by atoms with Crippen LogP contribution in [0, 0.1) is 6.92 Å². The molecule has 0 aliphatic rings. The van der Waals surface area contributed by atoms with Crippen LogP contribution < -0.4 is 10.5 Å². The Kier molecular flexibility index (Phi) is 7.27. The van der Waals surface area contributed by atoms with Gasteiger partial charge in [0, 0.05) is 29.3 Å². The van der Waals surface area contributed by atoms with Crippen LogP contribution >= 0.6 is 23.5 Å². The van der Waals surface area contributed by atoms with E-state index in [1.165, 1.54) is 15.1 Å². The fourth-order valence-corrected chi connectivity index (χ4v) is 5.27. The Morgan fingerprint density at radius 1 is 1.29 bits per heavy atom. The number of benzene rings is 2. The highest BCUT2D eigenvalue weighted by Gasteiger charge is 2.40. The van der Waals surface area contributed by atoms with Crippen LogP contribution in [-0.4, -0.2) is 39.4 Å². The summed E-state index contributed by atoms with van der Waals surface area (Å²) in [7, 11) is 1.80. The highest BCUT2D eigenvalue weighted by atomic mass is 35.5. The largest absolute Gasteiger partial charge is 0.406 e. The molecule has 0 radical (unpaired) electrons. The van der Waals surface area contributed by atoms with Gasteiger partial charge < -0.3 is 10.3 Å².